The van der Waals surface area contributed by atoms with Crippen LogP contribution in [0.1, 0.15) is 37.5 Å². The molecule has 0 heterocycles. The number of benzene rings is 1. The van der Waals surface area contributed by atoms with Crippen LogP contribution in [0.2, 0.25) is 0 Å². The van der Waals surface area contributed by atoms with Gasteiger partial charge in [0.2, 0.25) is 0 Å². The summed E-state index contributed by atoms with van der Waals surface area (Å²) in [7, 11) is 0. The van der Waals surface area contributed by atoms with E-state index in [1.165, 1.54) is 16.7 Å². The average Bonchev–Trinajstić information content (AvgIpc) is 2.35. The maximum absolute atomic E-state index is 8.98. The molecule has 108 valence electrons. The van der Waals surface area contributed by atoms with Gasteiger partial charge in [0, 0.05) is 0 Å². The van der Waals surface area contributed by atoms with E-state index in [2.05, 4.69) is 51.2 Å². The third-order valence-electron chi connectivity index (χ3n) is 3.48. The van der Waals surface area contributed by atoms with Crippen LogP contribution < -0.4 is 5.32 Å². The first-order chi connectivity index (χ1) is 8.88. The fraction of sp³-hybridized carbons (Fsp3) is 0.625. The minimum atomic E-state index is -0.214. The minimum Gasteiger partial charge on any atom is -0.395 e. The second-order valence-corrected chi connectivity index (χ2v) is 6.16. The molecule has 0 aliphatic carbocycles. The molecule has 0 aromatic heterocycles. The Hall–Kier alpha value is -0.900. The van der Waals surface area contributed by atoms with Crippen molar-refractivity contribution >= 4 is 0 Å². The first-order valence-electron chi connectivity index (χ1n) is 6.93. The van der Waals surface area contributed by atoms with Gasteiger partial charge in [0.25, 0.3) is 0 Å². The SMILES string of the molecule is Cc1cc(C(C)(C)C)ccc1CCNC(CO)CO. The van der Waals surface area contributed by atoms with Crippen molar-refractivity contribution in [1.82, 2.24) is 5.32 Å². The van der Waals surface area contributed by atoms with Gasteiger partial charge in [-0.15, -0.1) is 0 Å². The van der Waals surface area contributed by atoms with E-state index in [1.54, 1.807) is 0 Å². The third-order valence-corrected chi connectivity index (χ3v) is 3.48. The van der Waals surface area contributed by atoms with Gasteiger partial charge in [-0.3, -0.25) is 0 Å². The highest BCUT2D eigenvalue weighted by Gasteiger charge is 2.14. The molecular formula is C16H27NO2. The first kappa shape index (κ1) is 16.2. The van der Waals surface area contributed by atoms with Crippen LogP contribution in [0.15, 0.2) is 18.2 Å². The summed E-state index contributed by atoms with van der Waals surface area (Å²) in [6.45, 7) is 9.50. The van der Waals surface area contributed by atoms with E-state index in [4.69, 9.17) is 10.2 Å². The quantitative estimate of drug-likeness (QED) is 0.735. The van der Waals surface area contributed by atoms with Crippen molar-refractivity contribution < 1.29 is 10.2 Å². The Morgan fingerprint density at radius 2 is 1.79 bits per heavy atom. The second-order valence-electron chi connectivity index (χ2n) is 6.16. The zero-order valence-electron chi connectivity index (χ0n) is 12.5. The Labute approximate surface area is 116 Å². The molecule has 1 aromatic rings. The summed E-state index contributed by atoms with van der Waals surface area (Å²) in [5.41, 5.74) is 4.15. The summed E-state index contributed by atoms with van der Waals surface area (Å²) in [5, 5.41) is 21.1. The molecule has 0 aliphatic rings. The molecule has 1 aromatic carbocycles. The van der Waals surface area contributed by atoms with E-state index in [-0.39, 0.29) is 24.7 Å². The first-order valence-corrected chi connectivity index (χ1v) is 6.93. The molecule has 0 fully saturated rings. The molecule has 0 radical (unpaired) electrons. The number of rotatable bonds is 6. The maximum Gasteiger partial charge on any atom is 0.0607 e. The van der Waals surface area contributed by atoms with E-state index in [0.29, 0.717) is 0 Å². The molecule has 0 atom stereocenters. The summed E-state index contributed by atoms with van der Waals surface area (Å²) < 4.78 is 0. The Bertz CT molecular complexity index is 392. The fourth-order valence-corrected chi connectivity index (χ4v) is 2.04. The van der Waals surface area contributed by atoms with Gasteiger partial charge < -0.3 is 15.5 Å². The molecular weight excluding hydrogens is 238 g/mol. The highest BCUT2D eigenvalue weighted by atomic mass is 16.3. The van der Waals surface area contributed by atoms with Crippen molar-refractivity contribution in [3.63, 3.8) is 0 Å². The van der Waals surface area contributed by atoms with Crippen LogP contribution in [-0.2, 0) is 11.8 Å². The molecule has 0 aliphatic heterocycles. The van der Waals surface area contributed by atoms with Crippen molar-refractivity contribution in [1.29, 1.82) is 0 Å². The molecule has 3 nitrogen and oxygen atoms in total. The van der Waals surface area contributed by atoms with Gasteiger partial charge in [-0.1, -0.05) is 39.0 Å². The lowest BCUT2D eigenvalue weighted by Crippen LogP contribution is -2.37. The van der Waals surface area contributed by atoms with Gasteiger partial charge in [-0.05, 0) is 42.0 Å². The van der Waals surface area contributed by atoms with Gasteiger partial charge in [-0.2, -0.15) is 0 Å². The van der Waals surface area contributed by atoms with E-state index < -0.39 is 0 Å². The normalized spacial score (nSPS) is 12.2. The molecule has 0 saturated carbocycles. The zero-order valence-corrected chi connectivity index (χ0v) is 12.5. The molecule has 0 unspecified atom stereocenters. The topological polar surface area (TPSA) is 52.5 Å². The molecule has 0 spiro atoms. The van der Waals surface area contributed by atoms with Crippen molar-refractivity contribution in [3.05, 3.63) is 34.9 Å². The smallest absolute Gasteiger partial charge is 0.0607 e. The Morgan fingerprint density at radius 1 is 1.16 bits per heavy atom. The van der Waals surface area contributed by atoms with Gasteiger partial charge in [0.05, 0.1) is 19.3 Å². The third kappa shape index (κ3) is 4.94. The van der Waals surface area contributed by atoms with Crippen molar-refractivity contribution in [2.45, 2.75) is 45.6 Å². The largest absolute Gasteiger partial charge is 0.395 e. The van der Waals surface area contributed by atoms with E-state index in [9.17, 15) is 0 Å². The predicted octanol–water partition coefficient (Wildman–Crippen LogP) is 1.78. The molecule has 0 saturated heterocycles. The summed E-state index contributed by atoms with van der Waals surface area (Å²) >= 11 is 0. The van der Waals surface area contributed by atoms with Gasteiger partial charge in [-0.25, -0.2) is 0 Å². The lowest BCUT2D eigenvalue weighted by Gasteiger charge is -2.21. The molecule has 0 bridgehead atoms. The van der Waals surface area contributed by atoms with Crippen LogP contribution in [0.5, 0.6) is 0 Å². The number of aliphatic hydroxyl groups is 2. The fourth-order valence-electron chi connectivity index (χ4n) is 2.04. The number of hydrogen-bond donors (Lipinski definition) is 3. The van der Waals surface area contributed by atoms with Crippen molar-refractivity contribution in [3.8, 4) is 0 Å². The highest BCUT2D eigenvalue weighted by Crippen LogP contribution is 2.24. The van der Waals surface area contributed by atoms with Gasteiger partial charge >= 0.3 is 0 Å². The Morgan fingerprint density at radius 3 is 2.26 bits per heavy atom. The van der Waals surface area contributed by atoms with Gasteiger partial charge in [0.15, 0.2) is 0 Å². The standard InChI is InChI=1S/C16H27NO2/c1-12-9-14(16(2,3)4)6-5-13(12)7-8-17-15(10-18)11-19/h5-6,9,15,17-19H,7-8,10-11H2,1-4H3. The van der Waals surface area contributed by atoms with Crippen LogP contribution in [0, 0.1) is 6.92 Å². The van der Waals surface area contributed by atoms with Crippen molar-refractivity contribution in [2.24, 2.45) is 0 Å². The maximum atomic E-state index is 8.98. The van der Waals surface area contributed by atoms with E-state index >= 15 is 0 Å². The van der Waals surface area contributed by atoms with Crippen molar-refractivity contribution in [2.75, 3.05) is 19.8 Å². The zero-order chi connectivity index (χ0) is 14.5. The van der Waals surface area contributed by atoms with E-state index in [1.807, 2.05) is 0 Å². The number of hydrogen-bond acceptors (Lipinski definition) is 3. The molecule has 0 amide bonds. The van der Waals surface area contributed by atoms with Crippen LogP contribution in [0.3, 0.4) is 0 Å². The van der Waals surface area contributed by atoms with Crippen LogP contribution in [0.4, 0.5) is 0 Å². The molecule has 3 heteroatoms. The van der Waals surface area contributed by atoms with Crippen LogP contribution in [0.25, 0.3) is 0 Å². The minimum absolute atomic E-state index is 0.0293. The molecule has 3 N–H and O–H groups in total. The summed E-state index contributed by atoms with van der Waals surface area (Å²) in [6, 6.07) is 6.42. The lowest BCUT2D eigenvalue weighted by atomic mass is 9.85. The lowest BCUT2D eigenvalue weighted by molar-refractivity contribution is 0.171. The van der Waals surface area contributed by atoms with E-state index in [0.717, 1.165) is 13.0 Å². The highest BCUT2D eigenvalue weighted by molar-refractivity contribution is 5.34. The second kappa shape index (κ2) is 7.04. The van der Waals surface area contributed by atoms with Crippen LogP contribution >= 0.6 is 0 Å². The number of aliphatic hydroxyl groups excluding tert-OH is 2. The predicted molar refractivity (Wildman–Crippen MR) is 79.5 cm³/mol. The summed E-state index contributed by atoms with van der Waals surface area (Å²) in [5.74, 6) is 0. The summed E-state index contributed by atoms with van der Waals surface area (Å²) in [6.07, 6.45) is 0.909. The molecule has 1 rings (SSSR count). The molecule has 19 heavy (non-hydrogen) atoms. The van der Waals surface area contributed by atoms with Gasteiger partial charge in [0.1, 0.15) is 0 Å². The Kier molecular flexibility index (Phi) is 5.98. The Balaban J connectivity index is 2.61. The summed E-state index contributed by atoms with van der Waals surface area (Å²) in [4.78, 5) is 0. The number of aryl methyl sites for hydroxylation is 1. The number of nitrogens with one attached hydrogen (secondary N) is 1. The van der Waals surface area contributed by atoms with Crippen LogP contribution in [-0.4, -0.2) is 36.0 Å². The monoisotopic (exact) mass is 265 g/mol. The average molecular weight is 265 g/mol.